The second-order valence-electron chi connectivity index (χ2n) is 2.87. The fourth-order valence-corrected chi connectivity index (χ4v) is 1.32. The number of ether oxygens (including phenoxy) is 1. The fourth-order valence-electron chi connectivity index (χ4n) is 1.12. The van der Waals surface area contributed by atoms with Crippen LogP contribution in [0.5, 0.6) is 5.75 Å². The second kappa shape index (κ2) is 4.79. The molecule has 15 heavy (non-hydrogen) atoms. The maximum absolute atomic E-state index is 10.9. The van der Waals surface area contributed by atoms with Crippen molar-refractivity contribution in [3.05, 3.63) is 22.7 Å². The van der Waals surface area contributed by atoms with Crippen molar-refractivity contribution < 1.29 is 14.3 Å². The molecule has 0 heterocycles. The summed E-state index contributed by atoms with van der Waals surface area (Å²) in [6.45, 7) is 1.37. The lowest BCUT2D eigenvalue weighted by atomic mass is 10.2. The average Bonchev–Trinajstić information content (AvgIpc) is 2.19. The van der Waals surface area contributed by atoms with Gasteiger partial charge < -0.3 is 10.1 Å². The maximum atomic E-state index is 10.9. The van der Waals surface area contributed by atoms with Crippen LogP contribution in [-0.2, 0) is 4.79 Å². The molecule has 1 aromatic carbocycles. The number of amides is 1. The van der Waals surface area contributed by atoms with E-state index in [2.05, 4.69) is 5.32 Å². The zero-order chi connectivity index (χ0) is 11.4. The molecule has 0 saturated carbocycles. The summed E-state index contributed by atoms with van der Waals surface area (Å²) in [5, 5.41) is 2.83. The van der Waals surface area contributed by atoms with E-state index in [1.54, 1.807) is 0 Å². The van der Waals surface area contributed by atoms with Crippen LogP contribution in [0.1, 0.15) is 17.3 Å². The number of nitrogens with one attached hydrogen (secondary N) is 1. The highest BCUT2D eigenvalue weighted by Crippen LogP contribution is 2.30. The van der Waals surface area contributed by atoms with Crippen LogP contribution in [0.2, 0.25) is 5.02 Å². The molecule has 0 bridgehead atoms. The van der Waals surface area contributed by atoms with E-state index in [0.717, 1.165) is 0 Å². The van der Waals surface area contributed by atoms with Gasteiger partial charge in [-0.25, -0.2) is 0 Å². The van der Waals surface area contributed by atoms with Gasteiger partial charge in [0.25, 0.3) is 0 Å². The zero-order valence-corrected chi connectivity index (χ0v) is 9.09. The summed E-state index contributed by atoms with van der Waals surface area (Å²) >= 11 is 5.79. The third-order valence-electron chi connectivity index (χ3n) is 1.76. The third-order valence-corrected chi connectivity index (χ3v) is 2.08. The molecule has 0 saturated heterocycles. The summed E-state index contributed by atoms with van der Waals surface area (Å²) in [6.07, 6.45) is 0.618. The minimum atomic E-state index is -0.243. The molecule has 5 heteroatoms. The van der Waals surface area contributed by atoms with Crippen molar-refractivity contribution in [2.75, 3.05) is 12.4 Å². The number of halogens is 1. The van der Waals surface area contributed by atoms with Crippen molar-refractivity contribution in [3.63, 3.8) is 0 Å². The number of carbonyl (C=O) groups excluding carboxylic acids is 2. The average molecular weight is 228 g/mol. The van der Waals surface area contributed by atoms with Crippen LogP contribution in [0, 0.1) is 0 Å². The molecular formula is C10H10ClNO3. The molecule has 0 unspecified atom stereocenters. The van der Waals surface area contributed by atoms with Gasteiger partial charge in [0.1, 0.15) is 5.75 Å². The third kappa shape index (κ3) is 2.70. The van der Waals surface area contributed by atoms with Gasteiger partial charge in [0.15, 0.2) is 6.29 Å². The standard InChI is InChI=1S/C10H10ClNO3/c1-6(14)12-9-3-7(5-13)8(11)4-10(9)15-2/h3-5H,1-2H3,(H,12,14). The van der Waals surface area contributed by atoms with Gasteiger partial charge in [-0.2, -0.15) is 0 Å². The topological polar surface area (TPSA) is 55.4 Å². The van der Waals surface area contributed by atoms with Gasteiger partial charge in [-0.05, 0) is 6.07 Å². The van der Waals surface area contributed by atoms with E-state index in [0.29, 0.717) is 23.3 Å². The molecule has 0 fully saturated rings. The molecule has 0 radical (unpaired) electrons. The summed E-state index contributed by atoms with van der Waals surface area (Å²) in [6, 6.07) is 2.95. The van der Waals surface area contributed by atoms with Crippen LogP contribution in [-0.4, -0.2) is 19.3 Å². The van der Waals surface area contributed by atoms with Crippen molar-refractivity contribution in [3.8, 4) is 5.75 Å². The lowest BCUT2D eigenvalue weighted by Crippen LogP contribution is -2.07. The first-order valence-electron chi connectivity index (χ1n) is 4.18. The summed E-state index contributed by atoms with van der Waals surface area (Å²) < 4.78 is 5.01. The predicted octanol–water partition coefficient (Wildman–Crippen LogP) is 2.12. The molecule has 0 atom stereocenters. The van der Waals surface area contributed by atoms with Gasteiger partial charge >= 0.3 is 0 Å². The van der Waals surface area contributed by atoms with E-state index in [4.69, 9.17) is 16.3 Å². The lowest BCUT2D eigenvalue weighted by Gasteiger charge is -2.10. The van der Waals surface area contributed by atoms with Crippen LogP contribution in [0.3, 0.4) is 0 Å². The second-order valence-corrected chi connectivity index (χ2v) is 3.28. The van der Waals surface area contributed by atoms with Gasteiger partial charge in [0.2, 0.25) is 5.91 Å². The first-order valence-corrected chi connectivity index (χ1v) is 4.56. The van der Waals surface area contributed by atoms with E-state index in [-0.39, 0.29) is 10.9 Å². The predicted molar refractivity (Wildman–Crippen MR) is 57.7 cm³/mol. The molecule has 0 aliphatic heterocycles. The van der Waals surface area contributed by atoms with Gasteiger partial charge in [0, 0.05) is 18.6 Å². The fraction of sp³-hybridized carbons (Fsp3) is 0.200. The van der Waals surface area contributed by atoms with Crippen LogP contribution in [0.25, 0.3) is 0 Å². The largest absolute Gasteiger partial charge is 0.495 e. The van der Waals surface area contributed by atoms with Crippen LogP contribution < -0.4 is 10.1 Å². The van der Waals surface area contributed by atoms with E-state index in [1.165, 1.54) is 26.2 Å². The van der Waals surface area contributed by atoms with Gasteiger partial charge in [-0.1, -0.05) is 11.6 Å². The smallest absolute Gasteiger partial charge is 0.221 e. The molecule has 0 spiro atoms. The van der Waals surface area contributed by atoms with Crippen molar-refractivity contribution in [2.45, 2.75) is 6.92 Å². The Morgan fingerprint density at radius 3 is 2.67 bits per heavy atom. The Balaban J connectivity index is 3.21. The number of benzene rings is 1. The Morgan fingerprint density at radius 2 is 2.20 bits per heavy atom. The van der Waals surface area contributed by atoms with Gasteiger partial charge in [-0.3, -0.25) is 9.59 Å². The van der Waals surface area contributed by atoms with Gasteiger partial charge in [0.05, 0.1) is 17.8 Å². The monoisotopic (exact) mass is 227 g/mol. The van der Waals surface area contributed by atoms with E-state index in [1.807, 2.05) is 0 Å². The molecule has 0 aliphatic rings. The molecule has 1 aromatic rings. The van der Waals surface area contributed by atoms with E-state index in [9.17, 15) is 9.59 Å². The molecule has 0 aromatic heterocycles. The number of carbonyl (C=O) groups is 2. The first kappa shape index (κ1) is 11.5. The number of hydrogen-bond donors (Lipinski definition) is 1. The minimum Gasteiger partial charge on any atom is -0.495 e. The highest BCUT2D eigenvalue weighted by molar-refractivity contribution is 6.33. The van der Waals surface area contributed by atoms with E-state index < -0.39 is 0 Å². The summed E-state index contributed by atoms with van der Waals surface area (Å²) in [7, 11) is 1.46. The molecule has 0 aliphatic carbocycles. The number of hydrogen-bond acceptors (Lipinski definition) is 3. The molecule has 80 valence electrons. The molecule has 4 nitrogen and oxygen atoms in total. The highest BCUT2D eigenvalue weighted by Gasteiger charge is 2.09. The number of aldehydes is 1. The maximum Gasteiger partial charge on any atom is 0.221 e. The Bertz CT molecular complexity index is 404. The summed E-state index contributed by atoms with van der Waals surface area (Å²) in [5.74, 6) is 0.174. The molecule has 1 N–H and O–H groups in total. The normalized spacial score (nSPS) is 9.53. The highest BCUT2D eigenvalue weighted by atomic mass is 35.5. The van der Waals surface area contributed by atoms with Crippen LogP contribution in [0.15, 0.2) is 12.1 Å². The first-order chi connectivity index (χ1) is 7.08. The number of rotatable bonds is 3. The van der Waals surface area contributed by atoms with E-state index >= 15 is 0 Å². The van der Waals surface area contributed by atoms with Gasteiger partial charge in [-0.15, -0.1) is 0 Å². The summed E-state index contributed by atoms with van der Waals surface area (Å²) in [5.41, 5.74) is 0.734. The quantitative estimate of drug-likeness (QED) is 0.805. The SMILES string of the molecule is COc1cc(Cl)c(C=O)cc1NC(C)=O. The Labute approximate surface area is 92.2 Å². The minimum absolute atomic E-state index is 0.243. The lowest BCUT2D eigenvalue weighted by molar-refractivity contribution is -0.114. The Morgan fingerprint density at radius 1 is 1.53 bits per heavy atom. The zero-order valence-electron chi connectivity index (χ0n) is 8.33. The Hall–Kier alpha value is -1.55. The van der Waals surface area contributed by atoms with Crippen molar-refractivity contribution in [1.29, 1.82) is 0 Å². The van der Waals surface area contributed by atoms with Crippen molar-refractivity contribution >= 4 is 29.5 Å². The number of methoxy groups -OCH3 is 1. The van der Waals surface area contributed by atoms with Crippen molar-refractivity contribution in [1.82, 2.24) is 0 Å². The summed E-state index contributed by atoms with van der Waals surface area (Å²) in [4.78, 5) is 21.5. The van der Waals surface area contributed by atoms with Crippen LogP contribution >= 0.6 is 11.6 Å². The van der Waals surface area contributed by atoms with Crippen molar-refractivity contribution in [2.24, 2.45) is 0 Å². The molecule has 1 rings (SSSR count). The van der Waals surface area contributed by atoms with Crippen LogP contribution in [0.4, 0.5) is 5.69 Å². The molecule has 1 amide bonds. The Kier molecular flexibility index (Phi) is 3.68. The number of anilines is 1. The molecular weight excluding hydrogens is 218 g/mol.